The molecule has 0 aliphatic carbocycles. The molecular formula is C10H14ClN3. The third kappa shape index (κ3) is 3.00. The minimum atomic E-state index is 0.505. The van der Waals surface area contributed by atoms with Gasteiger partial charge in [-0.15, -0.1) is 0 Å². The highest BCUT2D eigenvalue weighted by Crippen LogP contribution is 2.18. The van der Waals surface area contributed by atoms with E-state index in [1.807, 2.05) is 24.9 Å². The lowest BCUT2D eigenvalue weighted by Gasteiger charge is -2.08. The van der Waals surface area contributed by atoms with Crippen molar-refractivity contribution in [2.75, 3.05) is 13.6 Å². The van der Waals surface area contributed by atoms with Crippen molar-refractivity contribution >= 4 is 23.6 Å². The molecule has 0 radical (unpaired) electrons. The summed E-state index contributed by atoms with van der Waals surface area (Å²) in [5, 5.41) is 0.505. The van der Waals surface area contributed by atoms with E-state index in [2.05, 4.69) is 16.9 Å². The second-order valence-electron chi connectivity index (χ2n) is 3.06. The van der Waals surface area contributed by atoms with Crippen LogP contribution in [0.2, 0.25) is 5.15 Å². The third-order valence-electron chi connectivity index (χ3n) is 1.92. The molecule has 3 nitrogen and oxygen atoms in total. The molecule has 0 N–H and O–H groups in total. The Labute approximate surface area is 89.4 Å². The largest absolute Gasteiger partial charge is 0.366 e. The predicted octanol–water partition coefficient (Wildman–Crippen LogP) is 2.65. The van der Waals surface area contributed by atoms with Crippen LogP contribution in [0.15, 0.2) is 17.1 Å². The standard InChI is InChI=1S/C10H14ClN3/c1-4-14(3)7-12-9-5-6-10(11)13-8(9)2/h5-7H,4H2,1-3H3. The summed E-state index contributed by atoms with van der Waals surface area (Å²) in [5.74, 6) is 0. The fourth-order valence-corrected chi connectivity index (χ4v) is 1.09. The van der Waals surface area contributed by atoms with Crippen LogP contribution in [0, 0.1) is 6.92 Å². The van der Waals surface area contributed by atoms with Gasteiger partial charge in [0.15, 0.2) is 0 Å². The van der Waals surface area contributed by atoms with E-state index in [1.54, 1.807) is 12.4 Å². The van der Waals surface area contributed by atoms with Crippen LogP contribution in [0.4, 0.5) is 5.69 Å². The highest BCUT2D eigenvalue weighted by molar-refractivity contribution is 6.29. The van der Waals surface area contributed by atoms with Gasteiger partial charge in [-0.1, -0.05) is 11.6 Å². The van der Waals surface area contributed by atoms with Gasteiger partial charge in [0.25, 0.3) is 0 Å². The van der Waals surface area contributed by atoms with Crippen LogP contribution >= 0.6 is 11.6 Å². The Morgan fingerprint density at radius 1 is 1.57 bits per heavy atom. The van der Waals surface area contributed by atoms with Crippen LogP contribution in [-0.4, -0.2) is 29.8 Å². The highest BCUT2D eigenvalue weighted by Gasteiger charge is 1.97. The van der Waals surface area contributed by atoms with Gasteiger partial charge in [0, 0.05) is 13.6 Å². The van der Waals surface area contributed by atoms with Crippen molar-refractivity contribution in [2.24, 2.45) is 4.99 Å². The molecule has 0 saturated heterocycles. The van der Waals surface area contributed by atoms with Gasteiger partial charge in [0.05, 0.1) is 17.7 Å². The van der Waals surface area contributed by atoms with Gasteiger partial charge < -0.3 is 4.90 Å². The summed E-state index contributed by atoms with van der Waals surface area (Å²) in [6.45, 7) is 4.90. The first-order chi connectivity index (χ1) is 6.63. The Balaban J connectivity index is 2.82. The molecule has 0 amide bonds. The minimum Gasteiger partial charge on any atom is -0.366 e. The van der Waals surface area contributed by atoms with E-state index >= 15 is 0 Å². The molecule has 1 heterocycles. The Kier molecular flexibility index (Phi) is 3.89. The normalized spacial score (nSPS) is 10.9. The molecule has 0 aliphatic rings. The first kappa shape index (κ1) is 11.0. The van der Waals surface area contributed by atoms with Crippen LogP contribution in [0.25, 0.3) is 0 Å². The molecule has 0 aromatic carbocycles. The van der Waals surface area contributed by atoms with Gasteiger partial charge in [0.1, 0.15) is 5.15 Å². The number of aromatic nitrogens is 1. The molecule has 76 valence electrons. The minimum absolute atomic E-state index is 0.505. The van der Waals surface area contributed by atoms with E-state index in [1.165, 1.54) is 0 Å². The van der Waals surface area contributed by atoms with Crippen molar-refractivity contribution in [1.29, 1.82) is 0 Å². The number of nitrogens with zero attached hydrogens (tertiary/aromatic N) is 3. The number of aliphatic imine (C=N–C) groups is 1. The number of hydrogen-bond acceptors (Lipinski definition) is 2. The molecule has 0 bridgehead atoms. The van der Waals surface area contributed by atoms with Crippen LogP contribution in [0.5, 0.6) is 0 Å². The van der Waals surface area contributed by atoms with Crippen LogP contribution in [0.1, 0.15) is 12.6 Å². The third-order valence-corrected chi connectivity index (χ3v) is 2.13. The van der Waals surface area contributed by atoms with Gasteiger partial charge >= 0.3 is 0 Å². The second-order valence-corrected chi connectivity index (χ2v) is 3.44. The summed E-state index contributed by atoms with van der Waals surface area (Å²) in [6.07, 6.45) is 1.79. The zero-order valence-electron chi connectivity index (χ0n) is 8.66. The Morgan fingerprint density at radius 3 is 2.86 bits per heavy atom. The Morgan fingerprint density at radius 2 is 2.29 bits per heavy atom. The molecule has 1 aromatic rings. The lowest BCUT2D eigenvalue weighted by Crippen LogP contribution is -2.14. The molecule has 0 atom stereocenters. The molecule has 1 rings (SSSR count). The molecular weight excluding hydrogens is 198 g/mol. The van der Waals surface area contributed by atoms with Crippen molar-refractivity contribution < 1.29 is 0 Å². The van der Waals surface area contributed by atoms with Crippen LogP contribution in [-0.2, 0) is 0 Å². The highest BCUT2D eigenvalue weighted by atomic mass is 35.5. The zero-order chi connectivity index (χ0) is 10.6. The van der Waals surface area contributed by atoms with Crippen molar-refractivity contribution in [1.82, 2.24) is 9.88 Å². The quantitative estimate of drug-likeness (QED) is 0.437. The van der Waals surface area contributed by atoms with Crippen molar-refractivity contribution in [3.8, 4) is 0 Å². The maximum Gasteiger partial charge on any atom is 0.129 e. The van der Waals surface area contributed by atoms with Gasteiger partial charge in [0.2, 0.25) is 0 Å². The number of halogens is 1. The fourth-order valence-electron chi connectivity index (χ4n) is 0.902. The molecule has 14 heavy (non-hydrogen) atoms. The predicted molar refractivity (Wildman–Crippen MR) is 60.4 cm³/mol. The maximum absolute atomic E-state index is 5.73. The summed E-state index contributed by atoms with van der Waals surface area (Å²) in [7, 11) is 1.97. The summed E-state index contributed by atoms with van der Waals surface area (Å²) < 4.78 is 0. The van der Waals surface area contributed by atoms with Crippen LogP contribution < -0.4 is 0 Å². The SMILES string of the molecule is CCN(C)C=Nc1ccc(Cl)nc1C. The van der Waals surface area contributed by atoms with E-state index in [9.17, 15) is 0 Å². The van der Waals surface area contributed by atoms with Crippen LogP contribution in [0.3, 0.4) is 0 Å². The molecule has 0 fully saturated rings. The average molecular weight is 212 g/mol. The van der Waals surface area contributed by atoms with Crippen molar-refractivity contribution in [3.05, 3.63) is 23.0 Å². The van der Waals surface area contributed by atoms with Gasteiger partial charge in [-0.3, -0.25) is 0 Å². The second kappa shape index (κ2) is 4.96. The summed E-state index contributed by atoms with van der Waals surface area (Å²) in [6, 6.07) is 3.61. The van der Waals surface area contributed by atoms with Gasteiger partial charge in [-0.05, 0) is 26.0 Å². The van der Waals surface area contributed by atoms with E-state index < -0.39 is 0 Å². The maximum atomic E-state index is 5.73. The molecule has 0 aliphatic heterocycles. The van der Waals surface area contributed by atoms with Crippen molar-refractivity contribution in [3.63, 3.8) is 0 Å². The number of rotatable bonds is 3. The van der Waals surface area contributed by atoms with E-state index in [0.29, 0.717) is 5.15 Å². The summed E-state index contributed by atoms with van der Waals surface area (Å²) >= 11 is 5.73. The molecule has 4 heteroatoms. The topological polar surface area (TPSA) is 28.5 Å². The molecule has 0 spiro atoms. The summed E-state index contributed by atoms with van der Waals surface area (Å²) in [4.78, 5) is 10.4. The smallest absolute Gasteiger partial charge is 0.129 e. The molecule has 1 aromatic heterocycles. The van der Waals surface area contributed by atoms with Gasteiger partial charge in [-0.2, -0.15) is 0 Å². The Hall–Kier alpha value is -1.09. The Bertz CT molecular complexity index is 336. The summed E-state index contributed by atoms with van der Waals surface area (Å²) in [5.41, 5.74) is 1.70. The average Bonchev–Trinajstić information content (AvgIpc) is 2.16. The van der Waals surface area contributed by atoms with E-state index in [0.717, 1.165) is 17.9 Å². The zero-order valence-corrected chi connectivity index (χ0v) is 9.41. The number of pyridine rings is 1. The lowest BCUT2D eigenvalue weighted by atomic mass is 10.3. The first-order valence-corrected chi connectivity index (χ1v) is 4.89. The van der Waals surface area contributed by atoms with E-state index in [-0.39, 0.29) is 0 Å². The molecule has 0 unspecified atom stereocenters. The fraction of sp³-hybridized carbons (Fsp3) is 0.400. The first-order valence-electron chi connectivity index (χ1n) is 4.51. The van der Waals surface area contributed by atoms with Gasteiger partial charge in [-0.25, -0.2) is 9.98 Å². The monoisotopic (exact) mass is 211 g/mol. The number of aryl methyl sites for hydroxylation is 1. The van der Waals surface area contributed by atoms with Crippen molar-refractivity contribution in [2.45, 2.75) is 13.8 Å². The lowest BCUT2D eigenvalue weighted by molar-refractivity contribution is 0.552. The molecule has 0 saturated carbocycles. The van der Waals surface area contributed by atoms with E-state index in [4.69, 9.17) is 11.6 Å². The number of hydrogen-bond donors (Lipinski definition) is 0.